The molecular formula is C21H25N3O3. The smallest absolute Gasteiger partial charge is 0.271 e. The molecule has 0 atom stereocenters. The van der Waals surface area contributed by atoms with Crippen LogP contribution in [-0.2, 0) is 4.79 Å². The monoisotopic (exact) mass is 367 g/mol. The lowest BCUT2D eigenvalue weighted by Gasteiger charge is -2.08. The molecule has 0 aliphatic rings. The Labute approximate surface area is 159 Å². The first-order valence-electron chi connectivity index (χ1n) is 8.76. The number of hydrazone groups is 1. The quantitative estimate of drug-likeness (QED) is 0.574. The van der Waals surface area contributed by atoms with Gasteiger partial charge in [0.15, 0.2) is 0 Å². The van der Waals surface area contributed by atoms with Crippen LogP contribution in [0.1, 0.15) is 49.0 Å². The van der Waals surface area contributed by atoms with Crippen LogP contribution >= 0.6 is 0 Å². The summed E-state index contributed by atoms with van der Waals surface area (Å²) in [5.74, 6) is 0.580. The van der Waals surface area contributed by atoms with E-state index in [2.05, 4.69) is 29.7 Å². The predicted molar refractivity (Wildman–Crippen MR) is 107 cm³/mol. The van der Waals surface area contributed by atoms with Gasteiger partial charge in [0.2, 0.25) is 5.91 Å². The van der Waals surface area contributed by atoms with Gasteiger partial charge in [0.1, 0.15) is 5.75 Å². The molecule has 6 heteroatoms. The van der Waals surface area contributed by atoms with Crippen molar-refractivity contribution in [1.29, 1.82) is 0 Å². The van der Waals surface area contributed by atoms with Crippen LogP contribution in [0.3, 0.4) is 0 Å². The normalized spacial score (nSPS) is 11.2. The molecule has 0 spiro atoms. The van der Waals surface area contributed by atoms with Crippen molar-refractivity contribution in [2.24, 2.45) is 5.10 Å². The van der Waals surface area contributed by atoms with Gasteiger partial charge in [0.25, 0.3) is 5.91 Å². The average Bonchev–Trinajstić information content (AvgIpc) is 2.66. The maximum absolute atomic E-state index is 12.1. The molecule has 2 amide bonds. The highest BCUT2D eigenvalue weighted by Gasteiger charge is 2.08. The molecule has 0 radical (unpaired) electrons. The van der Waals surface area contributed by atoms with E-state index in [-0.39, 0.29) is 18.2 Å². The first-order valence-corrected chi connectivity index (χ1v) is 8.76. The van der Waals surface area contributed by atoms with Crippen molar-refractivity contribution in [1.82, 2.24) is 5.43 Å². The fourth-order valence-corrected chi connectivity index (χ4v) is 2.38. The van der Waals surface area contributed by atoms with E-state index in [1.54, 1.807) is 38.3 Å². The fourth-order valence-electron chi connectivity index (χ4n) is 2.38. The van der Waals surface area contributed by atoms with Gasteiger partial charge >= 0.3 is 0 Å². The number of carbonyl (C=O) groups excluding carboxylic acids is 2. The van der Waals surface area contributed by atoms with E-state index in [4.69, 9.17) is 4.74 Å². The third kappa shape index (κ3) is 6.26. The first kappa shape index (κ1) is 20.2. The van der Waals surface area contributed by atoms with Gasteiger partial charge < -0.3 is 10.1 Å². The van der Waals surface area contributed by atoms with Gasteiger partial charge in [-0.2, -0.15) is 5.10 Å². The highest BCUT2D eigenvalue weighted by atomic mass is 16.5. The number of amides is 2. The van der Waals surface area contributed by atoms with Crippen LogP contribution in [-0.4, -0.2) is 24.6 Å². The van der Waals surface area contributed by atoms with Gasteiger partial charge in [0, 0.05) is 17.0 Å². The number of carbonyl (C=O) groups is 2. The van der Waals surface area contributed by atoms with Gasteiger partial charge in [-0.05, 0) is 54.8 Å². The van der Waals surface area contributed by atoms with Gasteiger partial charge in [-0.25, -0.2) is 5.43 Å². The van der Waals surface area contributed by atoms with E-state index >= 15 is 0 Å². The van der Waals surface area contributed by atoms with Gasteiger partial charge in [0.05, 0.1) is 13.5 Å². The number of methoxy groups -OCH3 is 1. The summed E-state index contributed by atoms with van der Waals surface area (Å²) in [7, 11) is 1.56. The molecule has 2 N–H and O–H groups in total. The summed E-state index contributed by atoms with van der Waals surface area (Å²) in [4.78, 5) is 24.2. The van der Waals surface area contributed by atoms with Crippen molar-refractivity contribution in [3.63, 3.8) is 0 Å². The number of benzene rings is 2. The molecule has 0 bridgehead atoms. The van der Waals surface area contributed by atoms with Gasteiger partial charge in [-0.15, -0.1) is 0 Å². The van der Waals surface area contributed by atoms with Crippen molar-refractivity contribution < 1.29 is 14.3 Å². The second-order valence-corrected chi connectivity index (χ2v) is 6.52. The SMILES string of the molecule is COc1ccc(C(=O)NN=C(C)CC(=O)Nc2ccc(C(C)C)cc2)cc1. The number of rotatable bonds is 7. The summed E-state index contributed by atoms with van der Waals surface area (Å²) in [6.45, 7) is 5.93. The highest BCUT2D eigenvalue weighted by Crippen LogP contribution is 2.17. The Bertz CT molecular complexity index is 810. The summed E-state index contributed by atoms with van der Waals surface area (Å²) in [5.41, 5.74) is 5.37. The first-order chi connectivity index (χ1) is 12.9. The second-order valence-electron chi connectivity index (χ2n) is 6.52. The Morgan fingerprint density at radius 3 is 2.22 bits per heavy atom. The molecule has 6 nitrogen and oxygen atoms in total. The van der Waals surface area contributed by atoms with Crippen molar-refractivity contribution >= 4 is 23.2 Å². The molecule has 0 aliphatic heterocycles. The fraction of sp³-hybridized carbons (Fsp3) is 0.286. The summed E-state index contributed by atoms with van der Waals surface area (Å²) < 4.78 is 5.05. The van der Waals surface area contributed by atoms with Crippen LogP contribution in [0.4, 0.5) is 5.69 Å². The van der Waals surface area contributed by atoms with Crippen LogP contribution in [0.2, 0.25) is 0 Å². The van der Waals surface area contributed by atoms with E-state index in [9.17, 15) is 9.59 Å². The summed E-state index contributed by atoms with van der Waals surface area (Å²) in [6, 6.07) is 14.4. The Morgan fingerprint density at radius 1 is 1.04 bits per heavy atom. The number of hydrogen-bond acceptors (Lipinski definition) is 4. The topological polar surface area (TPSA) is 79.8 Å². The van der Waals surface area contributed by atoms with Crippen LogP contribution in [0.5, 0.6) is 5.75 Å². The number of nitrogens with zero attached hydrogens (tertiary/aromatic N) is 1. The molecule has 0 aromatic heterocycles. The minimum absolute atomic E-state index is 0.0921. The van der Waals surface area contributed by atoms with E-state index in [1.165, 1.54) is 5.56 Å². The Morgan fingerprint density at radius 2 is 1.67 bits per heavy atom. The zero-order chi connectivity index (χ0) is 19.8. The number of nitrogens with one attached hydrogen (secondary N) is 2. The summed E-state index contributed by atoms with van der Waals surface area (Å²) in [5, 5.41) is 6.81. The van der Waals surface area contributed by atoms with Crippen LogP contribution in [0.15, 0.2) is 53.6 Å². The highest BCUT2D eigenvalue weighted by molar-refractivity contribution is 6.06. The lowest BCUT2D eigenvalue weighted by molar-refractivity contribution is -0.115. The van der Waals surface area contributed by atoms with Crippen molar-refractivity contribution in [3.05, 3.63) is 59.7 Å². The maximum atomic E-state index is 12.1. The van der Waals surface area contributed by atoms with E-state index in [0.717, 1.165) is 5.69 Å². The van der Waals surface area contributed by atoms with Crippen molar-refractivity contribution in [3.8, 4) is 5.75 Å². The zero-order valence-corrected chi connectivity index (χ0v) is 16.1. The minimum atomic E-state index is -0.346. The zero-order valence-electron chi connectivity index (χ0n) is 16.1. The molecule has 0 aliphatic carbocycles. The van der Waals surface area contributed by atoms with E-state index in [1.807, 2.05) is 24.3 Å². The summed E-state index contributed by atoms with van der Waals surface area (Å²) in [6.07, 6.45) is 0.0921. The van der Waals surface area contributed by atoms with Gasteiger partial charge in [-0.3, -0.25) is 9.59 Å². The summed E-state index contributed by atoms with van der Waals surface area (Å²) >= 11 is 0. The van der Waals surface area contributed by atoms with E-state index in [0.29, 0.717) is 22.9 Å². The average molecular weight is 367 g/mol. The van der Waals surface area contributed by atoms with Crippen molar-refractivity contribution in [2.45, 2.75) is 33.1 Å². The number of anilines is 1. The Hall–Kier alpha value is -3.15. The second kappa shape index (κ2) is 9.52. The van der Waals surface area contributed by atoms with Crippen LogP contribution in [0, 0.1) is 0 Å². The molecule has 0 unspecified atom stereocenters. The van der Waals surface area contributed by atoms with Gasteiger partial charge in [-0.1, -0.05) is 26.0 Å². The Balaban J connectivity index is 1.86. The van der Waals surface area contributed by atoms with E-state index < -0.39 is 0 Å². The molecular weight excluding hydrogens is 342 g/mol. The maximum Gasteiger partial charge on any atom is 0.271 e. The molecule has 2 rings (SSSR count). The standard InChI is InChI=1S/C21H25N3O3/c1-14(2)16-5-9-18(10-6-16)22-20(25)13-15(3)23-24-21(26)17-7-11-19(27-4)12-8-17/h5-12,14H,13H2,1-4H3,(H,22,25)(H,24,26). The molecule has 0 fully saturated rings. The van der Waals surface area contributed by atoms with Crippen LogP contribution in [0.25, 0.3) is 0 Å². The largest absolute Gasteiger partial charge is 0.497 e. The molecule has 0 saturated heterocycles. The lowest BCUT2D eigenvalue weighted by atomic mass is 10.0. The van der Waals surface area contributed by atoms with Crippen LogP contribution < -0.4 is 15.5 Å². The third-order valence-corrected chi connectivity index (χ3v) is 3.98. The molecule has 2 aromatic carbocycles. The third-order valence-electron chi connectivity index (χ3n) is 3.98. The predicted octanol–water partition coefficient (Wildman–Crippen LogP) is 3.95. The number of ether oxygens (including phenoxy) is 1. The molecule has 0 heterocycles. The molecule has 2 aromatic rings. The lowest BCUT2D eigenvalue weighted by Crippen LogP contribution is -2.21. The number of hydrogen-bond donors (Lipinski definition) is 2. The van der Waals surface area contributed by atoms with Crippen molar-refractivity contribution in [2.75, 3.05) is 12.4 Å². The Kier molecular flexibility index (Phi) is 7.11. The minimum Gasteiger partial charge on any atom is -0.497 e. The molecule has 27 heavy (non-hydrogen) atoms. The molecule has 0 saturated carbocycles. The molecule has 142 valence electrons.